The molecule has 0 radical (unpaired) electrons. The second-order valence-electron chi connectivity index (χ2n) is 5.61. The Bertz CT molecular complexity index is 615. The van der Waals surface area contributed by atoms with Gasteiger partial charge in [0.1, 0.15) is 0 Å². The lowest BCUT2D eigenvalue weighted by atomic mass is 9.93. The van der Waals surface area contributed by atoms with Gasteiger partial charge in [-0.25, -0.2) is 8.42 Å². The zero-order valence-corrected chi connectivity index (χ0v) is 12.5. The first kappa shape index (κ1) is 15.0. The molecule has 5 nitrogen and oxygen atoms in total. The van der Waals surface area contributed by atoms with E-state index in [1.807, 2.05) is 6.92 Å². The predicted octanol–water partition coefficient (Wildman–Crippen LogP) is 1.43. The highest BCUT2D eigenvalue weighted by molar-refractivity contribution is 7.92. The number of aryl methyl sites for hydroxylation is 1. The minimum Gasteiger partial charge on any atom is -0.436 e. The Morgan fingerprint density at radius 3 is 2.25 bits per heavy atom. The molecule has 0 saturated carbocycles. The van der Waals surface area contributed by atoms with Gasteiger partial charge in [-0.05, 0) is 32.9 Å². The number of aliphatic hydroxyl groups excluding tert-OH is 1. The summed E-state index contributed by atoms with van der Waals surface area (Å²) in [5, 5.41) is 9.74. The Morgan fingerprint density at radius 2 is 1.80 bits per heavy atom. The smallest absolute Gasteiger partial charge is 0.308 e. The maximum atomic E-state index is 12.7. The number of sulfone groups is 1. The molecule has 20 heavy (non-hydrogen) atoms. The van der Waals surface area contributed by atoms with Gasteiger partial charge in [0.15, 0.2) is 9.84 Å². The van der Waals surface area contributed by atoms with Gasteiger partial charge < -0.3 is 9.84 Å². The van der Waals surface area contributed by atoms with Crippen molar-refractivity contribution in [3.63, 3.8) is 0 Å². The standard InChI is InChI=1S/C14H18O5S/c1-9-4-6-10(7-5-9)20(17,18)14(2,3)11-8-12(15)19-13(11)16/h4-7,11,13,16H,8H2,1-3H3. The summed E-state index contributed by atoms with van der Waals surface area (Å²) in [6, 6.07) is 6.51. The van der Waals surface area contributed by atoms with Gasteiger partial charge in [0.05, 0.1) is 22.0 Å². The molecule has 2 unspecified atom stereocenters. The third-order valence-electron chi connectivity index (χ3n) is 3.90. The van der Waals surface area contributed by atoms with Crippen molar-refractivity contribution < 1.29 is 23.1 Å². The van der Waals surface area contributed by atoms with Gasteiger partial charge in [0.2, 0.25) is 6.29 Å². The fraction of sp³-hybridized carbons (Fsp3) is 0.500. The molecule has 1 heterocycles. The maximum Gasteiger partial charge on any atom is 0.308 e. The zero-order chi connectivity index (χ0) is 15.1. The van der Waals surface area contributed by atoms with Crippen LogP contribution in [0.1, 0.15) is 25.8 Å². The summed E-state index contributed by atoms with van der Waals surface area (Å²) < 4.78 is 28.8. The van der Waals surface area contributed by atoms with Crippen LogP contribution in [0.25, 0.3) is 0 Å². The Kier molecular flexibility index (Phi) is 3.64. The molecule has 2 rings (SSSR count). The van der Waals surface area contributed by atoms with Crippen molar-refractivity contribution in [2.24, 2.45) is 5.92 Å². The number of rotatable bonds is 3. The molecule has 1 fully saturated rings. The molecule has 1 N–H and O–H groups in total. The van der Waals surface area contributed by atoms with Gasteiger partial charge >= 0.3 is 5.97 Å². The van der Waals surface area contributed by atoms with Gasteiger partial charge in [-0.3, -0.25) is 4.79 Å². The zero-order valence-electron chi connectivity index (χ0n) is 11.7. The normalized spacial score (nSPS) is 23.7. The lowest BCUT2D eigenvalue weighted by Gasteiger charge is -2.31. The quantitative estimate of drug-likeness (QED) is 0.854. The molecular weight excluding hydrogens is 280 g/mol. The van der Waals surface area contributed by atoms with Crippen LogP contribution >= 0.6 is 0 Å². The fourth-order valence-electron chi connectivity index (χ4n) is 2.35. The highest BCUT2D eigenvalue weighted by atomic mass is 32.2. The number of benzene rings is 1. The van der Waals surface area contributed by atoms with E-state index >= 15 is 0 Å². The molecule has 1 aromatic rings. The number of carbonyl (C=O) groups is 1. The first-order valence-electron chi connectivity index (χ1n) is 6.35. The summed E-state index contributed by atoms with van der Waals surface area (Å²) in [5.41, 5.74) is 0.959. The SMILES string of the molecule is Cc1ccc(S(=O)(=O)C(C)(C)C2CC(=O)OC2O)cc1. The third-order valence-corrected chi connectivity index (χ3v) is 6.48. The van der Waals surface area contributed by atoms with E-state index in [-0.39, 0.29) is 11.3 Å². The van der Waals surface area contributed by atoms with Crippen molar-refractivity contribution in [1.82, 2.24) is 0 Å². The minimum absolute atomic E-state index is 0.0980. The summed E-state index contributed by atoms with van der Waals surface area (Å²) in [4.78, 5) is 11.4. The van der Waals surface area contributed by atoms with E-state index in [1.54, 1.807) is 12.1 Å². The van der Waals surface area contributed by atoms with Crippen LogP contribution < -0.4 is 0 Å². The summed E-state index contributed by atoms with van der Waals surface area (Å²) >= 11 is 0. The lowest BCUT2D eigenvalue weighted by molar-refractivity contribution is -0.156. The molecule has 0 amide bonds. The summed E-state index contributed by atoms with van der Waals surface area (Å²) in [6.45, 7) is 4.89. The van der Waals surface area contributed by atoms with Gasteiger partial charge in [0.25, 0.3) is 0 Å². The minimum atomic E-state index is -3.69. The van der Waals surface area contributed by atoms with E-state index in [9.17, 15) is 18.3 Å². The van der Waals surface area contributed by atoms with Crippen molar-refractivity contribution in [3.8, 4) is 0 Å². The highest BCUT2D eigenvalue weighted by Crippen LogP contribution is 2.39. The van der Waals surface area contributed by atoms with Gasteiger partial charge in [-0.15, -0.1) is 0 Å². The number of carbonyl (C=O) groups excluding carboxylic acids is 1. The summed E-state index contributed by atoms with van der Waals surface area (Å²) in [5.74, 6) is -1.35. The molecule has 0 aliphatic carbocycles. The van der Waals surface area contributed by atoms with Gasteiger partial charge in [-0.2, -0.15) is 0 Å². The molecule has 0 spiro atoms. The van der Waals surface area contributed by atoms with Crippen molar-refractivity contribution in [2.45, 2.75) is 43.1 Å². The highest BCUT2D eigenvalue weighted by Gasteiger charge is 2.51. The maximum absolute atomic E-state index is 12.7. The number of hydrogen-bond donors (Lipinski definition) is 1. The number of cyclic esters (lactones) is 1. The first-order chi connectivity index (χ1) is 9.16. The van der Waals surface area contributed by atoms with E-state index in [0.717, 1.165) is 5.56 Å². The molecule has 0 bridgehead atoms. The average molecular weight is 298 g/mol. The van der Waals surface area contributed by atoms with Crippen LogP contribution in [0.4, 0.5) is 0 Å². The molecule has 0 aromatic heterocycles. The molecule has 1 aliphatic rings. The van der Waals surface area contributed by atoms with Crippen molar-refractivity contribution in [3.05, 3.63) is 29.8 Å². The Labute approximate surface area is 118 Å². The van der Waals surface area contributed by atoms with E-state index in [2.05, 4.69) is 4.74 Å². The summed E-state index contributed by atoms with van der Waals surface area (Å²) in [6.07, 6.45) is -1.48. The topological polar surface area (TPSA) is 80.7 Å². The number of hydrogen-bond acceptors (Lipinski definition) is 5. The molecule has 6 heteroatoms. The van der Waals surface area contributed by atoms with E-state index < -0.39 is 32.8 Å². The van der Waals surface area contributed by atoms with Gasteiger partial charge in [-0.1, -0.05) is 17.7 Å². The van der Waals surface area contributed by atoms with Crippen LogP contribution in [0.5, 0.6) is 0 Å². The van der Waals surface area contributed by atoms with E-state index in [1.165, 1.54) is 26.0 Å². The van der Waals surface area contributed by atoms with E-state index in [4.69, 9.17) is 0 Å². The van der Waals surface area contributed by atoms with Crippen LogP contribution in [0.2, 0.25) is 0 Å². The van der Waals surface area contributed by atoms with Crippen molar-refractivity contribution in [1.29, 1.82) is 0 Å². The second kappa shape index (κ2) is 4.86. The molecule has 1 saturated heterocycles. The third kappa shape index (κ3) is 2.33. The monoisotopic (exact) mass is 298 g/mol. The number of aliphatic hydroxyl groups is 1. The Morgan fingerprint density at radius 1 is 1.25 bits per heavy atom. The number of esters is 1. The average Bonchev–Trinajstić information content (AvgIpc) is 2.69. The van der Waals surface area contributed by atoms with Crippen LogP contribution in [0, 0.1) is 12.8 Å². The van der Waals surface area contributed by atoms with Crippen LogP contribution in [-0.4, -0.2) is 30.5 Å². The second-order valence-corrected chi connectivity index (χ2v) is 8.14. The number of ether oxygens (including phenoxy) is 1. The Hall–Kier alpha value is -1.40. The van der Waals surface area contributed by atoms with Gasteiger partial charge in [0, 0.05) is 0 Å². The molecule has 1 aromatic carbocycles. The Balaban J connectivity index is 2.42. The van der Waals surface area contributed by atoms with Crippen molar-refractivity contribution >= 4 is 15.8 Å². The van der Waals surface area contributed by atoms with E-state index in [0.29, 0.717) is 0 Å². The molecule has 2 atom stereocenters. The molecule has 110 valence electrons. The summed E-state index contributed by atoms with van der Waals surface area (Å²) in [7, 11) is -3.69. The fourth-order valence-corrected chi connectivity index (χ4v) is 4.06. The predicted molar refractivity (Wildman–Crippen MR) is 72.6 cm³/mol. The molecule has 1 aliphatic heterocycles. The van der Waals surface area contributed by atoms with Crippen LogP contribution in [-0.2, 0) is 19.4 Å². The lowest BCUT2D eigenvalue weighted by Crippen LogP contribution is -2.43. The first-order valence-corrected chi connectivity index (χ1v) is 7.83. The van der Waals surface area contributed by atoms with Crippen molar-refractivity contribution in [2.75, 3.05) is 0 Å². The van der Waals surface area contributed by atoms with Crippen LogP contribution in [0.3, 0.4) is 0 Å². The molecular formula is C14H18O5S. The van der Waals surface area contributed by atoms with Crippen LogP contribution in [0.15, 0.2) is 29.2 Å². The largest absolute Gasteiger partial charge is 0.436 e.